The van der Waals surface area contributed by atoms with Crippen molar-refractivity contribution < 1.29 is 42.9 Å². The lowest BCUT2D eigenvalue weighted by atomic mass is 10.0. The van der Waals surface area contributed by atoms with Gasteiger partial charge in [0, 0.05) is 12.8 Å². The van der Waals surface area contributed by atoms with E-state index in [-0.39, 0.29) is 32.2 Å². The molecule has 1 N–H and O–H groups in total. The SMILES string of the molecule is CCCCCCC/C=C\C/C=C\C/C=C\CCCCCCCCCCCCCCC(=O)OCC(COC(OCC[N+](C)(C)C)C(=O)O)OC(=O)CCCCCCCCCCCCCC/C=C\C/C=C\C/C=C\CCCCCCC. The van der Waals surface area contributed by atoms with Crippen LogP contribution in [0.3, 0.4) is 0 Å². The van der Waals surface area contributed by atoms with E-state index in [0.717, 1.165) is 64.2 Å². The van der Waals surface area contributed by atoms with E-state index in [9.17, 15) is 19.5 Å². The Morgan fingerprint density at radius 3 is 1.01 bits per heavy atom. The number of carboxylic acids is 1. The predicted octanol–water partition coefficient (Wildman–Crippen LogP) is 20.1. The molecule has 0 amide bonds. The highest BCUT2D eigenvalue weighted by molar-refractivity contribution is 5.71. The van der Waals surface area contributed by atoms with Gasteiger partial charge in [0.05, 0.1) is 34.4 Å². The molecule has 0 fully saturated rings. The minimum absolute atomic E-state index is 0.185. The van der Waals surface area contributed by atoms with E-state index in [0.29, 0.717) is 17.4 Å². The number of aliphatic carboxylic acids is 1. The third kappa shape index (κ3) is 62.2. The molecule has 0 rings (SSSR count). The number of esters is 2. The zero-order valence-electron chi connectivity index (χ0n) is 52.3. The first-order valence-electron chi connectivity index (χ1n) is 33.1. The molecule has 0 aliphatic carbocycles. The van der Waals surface area contributed by atoms with Gasteiger partial charge in [-0.05, 0) is 89.9 Å². The zero-order valence-corrected chi connectivity index (χ0v) is 52.3. The first-order valence-corrected chi connectivity index (χ1v) is 33.1. The Labute approximate surface area is 487 Å². The Kier molecular flexibility index (Phi) is 58.3. The number of likely N-dealkylation sites (N-methyl/N-ethyl adjacent to an activating group) is 1. The molecule has 0 aliphatic heterocycles. The highest BCUT2D eigenvalue weighted by Crippen LogP contribution is 2.17. The van der Waals surface area contributed by atoms with E-state index < -0.39 is 24.3 Å². The normalized spacial score (nSPS) is 13.2. The third-order valence-electron chi connectivity index (χ3n) is 14.4. The monoisotopic (exact) mass is 1110 g/mol. The van der Waals surface area contributed by atoms with E-state index in [2.05, 4.69) is 86.8 Å². The van der Waals surface area contributed by atoms with E-state index in [1.807, 2.05) is 21.1 Å². The number of unbranched alkanes of at least 4 members (excludes halogenated alkanes) is 34. The van der Waals surface area contributed by atoms with E-state index in [1.165, 1.54) is 205 Å². The fourth-order valence-corrected chi connectivity index (χ4v) is 9.32. The molecule has 458 valence electrons. The topological polar surface area (TPSA) is 108 Å². The number of hydrogen-bond acceptors (Lipinski definition) is 7. The van der Waals surface area contributed by atoms with Crippen LogP contribution >= 0.6 is 0 Å². The van der Waals surface area contributed by atoms with Crippen molar-refractivity contribution in [2.75, 3.05) is 47.5 Å². The van der Waals surface area contributed by atoms with Crippen LogP contribution in [0.25, 0.3) is 0 Å². The quantitative estimate of drug-likeness (QED) is 0.0211. The molecule has 0 aromatic carbocycles. The molecule has 0 saturated carbocycles. The van der Waals surface area contributed by atoms with Gasteiger partial charge in [0.15, 0.2) is 6.10 Å². The number of hydrogen-bond donors (Lipinski definition) is 1. The molecular weight excluding hydrogens is 983 g/mol. The molecule has 0 spiro atoms. The summed E-state index contributed by atoms with van der Waals surface area (Å²) in [4.78, 5) is 37.6. The van der Waals surface area contributed by atoms with Crippen LogP contribution in [-0.4, -0.2) is 87.4 Å². The van der Waals surface area contributed by atoms with Crippen molar-refractivity contribution in [3.63, 3.8) is 0 Å². The van der Waals surface area contributed by atoms with Gasteiger partial charge in [0.25, 0.3) is 6.29 Å². The van der Waals surface area contributed by atoms with Crippen molar-refractivity contribution in [2.45, 2.75) is 309 Å². The highest BCUT2D eigenvalue weighted by Gasteiger charge is 2.25. The van der Waals surface area contributed by atoms with Gasteiger partial charge in [-0.15, -0.1) is 0 Å². The van der Waals surface area contributed by atoms with Crippen LogP contribution in [0.2, 0.25) is 0 Å². The van der Waals surface area contributed by atoms with E-state index in [1.54, 1.807) is 0 Å². The molecule has 9 nitrogen and oxygen atoms in total. The Morgan fingerprint density at radius 2 is 0.684 bits per heavy atom. The molecule has 0 aliphatic rings. The van der Waals surface area contributed by atoms with Gasteiger partial charge in [-0.25, -0.2) is 4.79 Å². The number of allylic oxidation sites excluding steroid dienone is 12. The predicted molar refractivity (Wildman–Crippen MR) is 336 cm³/mol. The minimum atomic E-state index is -1.51. The van der Waals surface area contributed by atoms with Crippen LogP contribution in [0.1, 0.15) is 296 Å². The van der Waals surface area contributed by atoms with Gasteiger partial charge in [0.1, 0.15) is 13.2 Å². The molecule has 2 unspecified atom stereocenters. The zero-order chi connectivity index (χ0) is 57.6. The summed E-state index contributed by atoms with van der Waals surface area (Å²) in [6.07, 6.45) is 77.0. The third-order valence-corrected chi connectivity index (χ3v) is 14.4. The van der Waals surface area contributed by atoms with Crippen LogP contribution in [0.5, 0.6) is 0 Å². The summed E-state index contributed by atoms with van der Waals surface area (Å²) in [7, 11) is 5.98. The first-order chi connectivity index (χ1) is 38.6. The van der Waals surface area contributed by atoms with Gasteiger partial charge in [-0.3, -0.25) is 9.59 Å². The van der Waals surface area contributed by atoms with Crippen LogP contribution in [0, 0.1) is 0 Å². The molecule has 0 aromatic heterocycles. The maximum Gasteiger partial charge on any atom is 0.361 e. The summed E-state index contributed by atoms with van der Waals surface area (Å²) < 4.78 is 23.0. The number of carbonyl (C=O) groups excluding carboxylic acids is 2. The Hall–Kier alpha value is -3.27. The van der Waals surface area contributed by atoms with Gasteiger partial charge >= 0.3 is 17.9 Å². The minimum Gasteiger partial charge on any atom is -0.477 e. The Morgan fingerprint density at radius 1 is 0.380 bits per heavy atom. The van der Waals surface area contributed by atoms with Crippen molar-refractivity contribution >= 4 is 17.9 Å². The average Bonchev–Trinajstić information content (AvgIpc) is 3.42. The summed E-state index contributed by atoms with van der Waals surface area (Å²) in [5, 5.41) is 9.73. The van der Waals surface area contributed by atoms with Gasteiger partial charge in [-0.1, -0.05) is 267 Å². The van der Waals surface area contributed by atoms with Crippen LogP contribution in [0.15, 0.2) is 72.9 Å². The largest absolute Gasteiger partial charge is 0.477 e. The van der Waals surface area contributed by atoms with E-state index >= 15 is 0 Å². The summed E-state index contributed by atoms with van der Waals surface area (Å²) in [5.41, 5.74) is 0. The van der Waals surface area contributed by atoms with Gasteiger partial charge < -0.3 is 28.5 Å². The average molecular weight is 1110 g/mol. The molecule has 0 saturated heterocycles. The fraction of sp³-hybridized carbons (Fsp3) is 0.786. The number of carboxylic acid groups (broad SMARTS) is 1. The molecular formula is C70H126NO8+. The molecule has 0 heterocycles. The standard InChI is InChI=1S/C70H125NO8/c1-6-8-10-12-14-16-18-20-22-24-26-28-30-32-34-36-38-40-42-44-46-48-50-52-54-56-58-60-67(72)77-64-66(65-78-70(69(74)75)76-63-62-71(3,4)5)79-68(73)61-59-57-55-53-51-49-47-45-43-41-39-37-35-33-31-29-27-25-23-21-19-17-15-13-11-9-7-2/h18-21,24-27,30-33,66,70H,6-17,22-23,28-29,34-65H2,1-5H3/p+1/b20-18-,21-19-,26-24-,27-25-,32-30-,33-31-. The first kappa shape index (κ1) is 75.7. The van der Waals surface area contributed by atoms with Crippen molar-refractivity contribution in [1.82, 2.24) is 0 Å². The summed E-state index contributed by atoms with van der Waals surface area (Å²) >= 11 is 0. The highest BCUT2D eigenvalue weighted by atomic mass is 16.7. The number of rotatable bonds is 61. The van der Waals surface area contributed by atoms with Crippen LogP contribution in [-0.2, 0) is 33.3 Å². The Balaban J connectivity index is 4.17. The van der Waals surface area contributed by atoms with Crippen LogP contribution in [0.4, 0.5) is 0 Å². The van der Waals surface area contributed by atoms with E-state index in [4.69, 9.17) is 18.9 Å². The number of quaternary nitrogens is 1. The van der Waals surface area contributed by atoms with Gasteiger partial charge in [-0.2, -0.15) is 0 Å². The second-order valence-electron chi connectivity index (χ2n) is 23.4. The summed E-state index contributed by atoms with van der Waals surface area (Å²) in [5.74, 6) is -2.00. The maximum atomic E-state index is 12.9. The van der Waals surface area contributed by atoms with Crippen LogP contribution < -0.4 is 0 Å². The fourth-order valence-electron chi connectivity index (χ4n) is 9.32. The smallest absolute Gasteiger partial charge is 0.361 e. The van der Waals surface area contributed by atoms with Crippen molar-refractivity contribution in [1.29, 1.82) is 0 Å². The molecule has 0 aromatic rings. The van der Waals surface area contributed by atoms with Gasteiger partial charge in [0.2, 0.25) is 0 Å². The second-order valence-corrected chi connectivity index (χ2v) is 23.4. The van der Waals surface area contributed by atoms with Crippen molar-refractivity contribution in [3.05, 3.63) is 72.9 Å². The summed E-state index contributed by atoms with van der Waals surface area (Å²) in [6.45, 7) is 4.88. The second kappa shape index (κ2) is 60.8. The number of nitrogens with zero attached hydrogens (tertiary/aromatic N) is 1. The van der Waals surface area contributed by atoms with Crippen molar-refractivity contribution in [2.24, 2.45) is 0 Å². The molecule has 79 heavy (non-hydrogen) atoms. The lowest BCUT2D eigenvalue weighted by molar-refractivity contribution is -0.870. The Bertz CT molecular complexity index is 1520. The molecule has 0 bridgehead atoms. The maximum absolute atomic E-state index is 12.9. The number of carbonyl (C=O) groups is 3. The lowest BCUT2D eigenvalue weighted by Gasteiger charge is -2.25. The summed E-state index contributed by atoms with van der Waals surface area (Å²) in [6, 6.07) is 0. The van der Waals surface area contributed by atoms with Crippen molar-refractivity contribution in [3.8, 4) is 0 Å². The molecule has 2 atom stereocenters. The number of ether oxygens (including phenoxy) is 4. The molecule has 0 radical (unpaired) electrons. The lowest BCUT2D eigenvalue weighted by Crippen LogP contribution is -2.40. The molecule has 9 heteroatoms.